The topological polar surface area (TPSA) is 13.1 Å². The third kappa shape index (κ3) is 8.04. The van der Waals surface area contributed by atoms with Gasteiger partial charge in [-0.15, -0.1) is 0 Å². The van der Waals surface area contributed by atoms with Gasteiger partial charge in [0.25, 0.3) is 0 Å². The van der Waals surface area contributed by atoms with Crippen molar-refractivity contribution >= 4 is 0 Å². The van der Waals surface area contributed by atoms with Crippen LogP contribution in [-0.4, -0.2) is 0 Å². The molecule has 1 heteroatoms. The van der Waals surface area contributed by atoms with Crippen LogP contribution in [0.25, 0.3) is 112 Å². The molecule has 0 atom stereocenters. The summed E-state index contributed by atoms with van der Waals surface area (Å²) >= 11 is 0. The van der Waals surface area contributed by atoms with Crippen molar-refractivity contribution in [1.82, 2.24) is 0 Å². The van der Waals surface area contributed by atoms with Crippen LogP contribution in [0.2, 0.25) is 0 Å². The average Bonchev–Trinajstić information content (AvgIpc) is 3.91. The number of benzene rings is 10. The van der Waals surface area contributed by atoms with Gasteiger partial charge < -0.3 is 4.42 Å². The smallest absolute Gasteiger partial charge is 0.134 e. The molecule has 65 heavy (non-hydrogen) atoms. The van der Waals surface area contributed by atoms with Crippen LogP contribution in [0, 0.1) is 0 Å². The molecule has 0 saturated heterocycles. The van der Waals surface area contributed by atoms with Gasteiger partial charge in [0.05, 0.1) is 0 Å². The highest BCUT2D eigenvalue weighted by Crippen LogP contribution is 2.44. The maximum Gasteiger partial charge on any atom is 0.134 e. The van der Waals surface area contributed by atoms with Crippen LogP contribution in [0.4, 0.5) is 0 Å². The van der Waals surface area contributed by atoms with E-state index in [9.17, 15) is 0 Å². The number of furan rings is 1. The minimum absolute atomic E-state index is 0.804. The molecule has 11 rings (SSSR count). The highest BCUT2D eigenvalue weighted by atomic mass is 16.3. The van der Waals surface area contributed by atoms with Crippen molar-refractivity contribution in [2.24, 2.45) is 0 Å². The summed E-state index contributed by atoms with van der Waals surface area (Å²) in [6.07, 6.45) is 0. The van der Waals surface area contributed by atoms with Crippen LogP contribution in [0.15, 0.2) is 271 Å². The average molecular weight is 829 g/mol. The van der Waals surface area contributed by atoms with Crippen molar-refractivity contribution in [2.45, 2.75) is 0 Å². The molecule has 11 aromatic rings. The van der Waals surface area contributed by atoms with Crippen molar-refractivity contribution in [2.75, 3.05) is 0 Å². The van der Waals surface area contributed by atoms with Gasteiger partial charge in [0.15, 0.2) is 0 Å². The molecule has 0 N–H and O–H groups in total. The minimum atomic E-state index is 0.804. The summed E-state index contributed by atoms with van der Waals surface area (Å²) in [6, 6.07) is 95.5. The molecule has 0 fully saturated rings. The molecule has 10 aromatic carbocycles. The van der Waals surface area contributed by atoms with Crippen LogP contribution >= 0.6 is 0 Å². The van der Waals surface area contributed by atoms with Gasteiger partial charge in [0, 0.05) is 11.1 Å². The molecule has 0 bridgehead atoms. The van der Waals surface area contributed by atoms with Crippen LogP contribution in [0.3, 0.4) is 0 Å². The Hall–Kier alpha value is -8.52. The molecule has 0 unspecified atom stereocenters. The van der Waals surface area contributed by atoms with Gasteiger partial charge >= 0.3 is 0 Å². The normalized spacial score (nSPS) is 11.1. The fraction of sp³-hybridized carbons (Fsp3) is 0. The predicted molar refractivity (Wildman–Crippen MR) is 273 cm³/mol. The molecule has 1 nitrogen and oxygen atoms in total. The predicted octanol–water partition coefficient (Wildman–Crippen LogP) is 17.9. The lowest BCUT2D eigenvalue weighted by molar-refractivity contribution is 0.597. The maximum atomic E-state index is 7.08. The lowest BCUT2D eigenvalue weighted by Gasteiger charge is -2.16. The van der Waals surface area contributed by atoms with Crippen molar-refractivity contribution in [3.8, 4) is 112 Å². The van der Waals surface area contributed by atoms with Gasteiger partial charge in [-0.3, -0.25) is 0 Å². The maximum absolute atomic E-state index is 7.08. The van der Waals surface area contributed by atoms with E-state index >= 15 is 0 Å². The first-order chi connectivity index (χ1) is 32.2. The molecule has 306 valence electrons. The van der Waals surface area contributed by atoms with Crippen LogP contribution < -0.4 is 0 Å². The SMILES string of the molecule is c1ccc(-c2ccccc2-c2cc(-c3ccc(-c4cc(-c5ccccc5-c5ccccc5)cc(-c5ccccc5-c5ccccc5)c4)o3)cc(-c3ccccc3-c3ccccc3)c2)cc1. The van der Waals surface area contributed by atoms with E-state index in [1.54, 1.807) is 0 Å². The first-order valence-corrected chi connectivity index (χ1v) is 22.2. The van der Waals surface area contributed by atoms with Crippen molar-refractivity contribution in [1.29, 1.82) is 0 Å². The minimum Gasteiger partial charge on any atom is -0.456 e. The zero-order valence-electron chi connectivity index (χ0n) is 35.8. The molecular weight excluding hydrogens is 785 g/mol. The first kappa shape index (κ1) is 39.3. The summed E-state index contributed by atoms with van der Waals surface area (Å²) in [7, 11) is 0. The molecule has 1 aromatic heterocycles. The van der Waals surface area contributed by atoms with E-state index < -0.39 is 0 Å². The highest BCUT2D eigenvalue weighted by Gasteiger charge is 2.18. The Bertz CT molecular complexity index is 2970. The monoisotopic (exact) mass is 828 g/mol. The van der Waals surface area contributed by atoms with Gasteiger partial charge in [-0.05, 0) is 138 Å². The molecule has 0 saturated carbocycles. The first-order valence-electron chi connectivity index (χ1n) is 22.2. The second-order valence-electron chi connectivity index (χ2n) is 16.4. The van der Waals surface area contributed by atoms with E-state index in [4.69, 9.17) is 4.42 Å². The van der Waals surface area contributed by atoms with Crippen LogP contribution in [0.5, 0.6) is 0 Å². The molecule has 0 radical (unpaired) electrons. The summed E-state index contributed by atoms with van der Waals surface area (Å²) in [5, 5.41) is 0. The summed E-state index contributed by atoms with van der Waals surface area (Å²) in [6.45, 7) is 0. The van der Waals surface area contributed by atoms with Crippen LogP contribution in [-0.2, 0) is 0 Å². The molecule has 0 aliphatic rings. The number of rotatable bonds is 10. The molecule has 0 spiro atoms. The van der Waals surface area contributed by atoms with Gasteiger partial charge in [-0.1, -0.05) is 218 Å². The Morgan fingerprint density at radius 1 is 0.154 bits per heavy atom. The van der Waals surface area contributed by atoms with Gasteiger partial charge in [0.2, 0.25) is 0 Å². The van der Waals surface area contributed by atoms with Crippen LogP contribution in [0.1, 0.15) is 0 Å². The van der Waals surface area contributed by atoms with E-state index in [1.165, 1.54) is 44.5 Å². The zero-order chi connectivity index (χ0) is 43.4. The molecule has 0 aliphatic heterocycles. The van der Waals surface area contributed by atoms with Gasteiger partial charge in [0.1, 0.15) is 11.5 Å². The molecular formula is C64H44O. The standard InChI is InChI=1S/C64H44O/c1-5-21-45(22-6-1)55-29-13-17-33-59(55)49-39-50(60-34-18-14-30-56(60)46-23-7-2-8-24-46)42-53(41-49)63-37-38-64(65-63)54-43-51(61-35-19-15-31-57(61)47-25-9-3-10-26-47)40-52(44-54)62-36-20-16-32-58(62)48-27-11-4-12-28-48/h1-44H. The summed E-state index contributed by atoms with van der Waals surface area (Å²) in [5.41, 5.74) is 20.6. The second kappa shape index (κ2) is 17.7. The third-order valence-electron chi connectivity index (χ3n) is 12.3. The fourth-order valence-corrected chi connectivity index (χ4v) is 9.23. The second-order valence-corrected chi connectivity index (χ2v) is 16.4. The fourth-order valence-electron chi connectivity index (χ4n) is 9.23. The van der Waals surface area contributed by atoms with E-state index in [1.807, 2.05) is 0 Å². The lowest BCUT2D eigenvalue weighted by Crippen LogP contribution is -1.90. The summed E-state index contributed by atoms with van der Waals surface area (Å²) in [4.78, 5) is 0. The summed E-state index contributed by atoms with van der Waals surface area (Å²) < 4.78 is 7.08. The van der Waals surface area contributed by atoms with E-state index in [2.05, 4.69) is 267 Å². The summed E-state index contributed by atoms with van der Waals surface area (Å²) in [5.74, 6) is 1.61. The molecule has 0 aliphatic carbocycles. The van der Waals surface area contributed by atoms with E-state index in [0.717, 1.165) is 67.2 Å². The largest absolute Gasteiger partial charge is 0.456 e. The van der Waals surface area contributed by atoms with Crippen molar-refractivity contribution in [3.05, 3.63) is 267 Å². The molecule has 1 heterocycles. The Kier molecular flexibility index (Phi) is 10.7. The van der Waals surface area contributed by atoms with E-state index in [0.29, 0.717) is 0 Å². The van der Waals surface area contributed by atoms with Crippen molar-refractivity contribution < 1.29 is 4.42 Å². The Labute approximate surface area is 381 Å². The Balaban J connectivity index is 1.09. The number of hydrogen-bond donors (Lipinski definition) is 0. The van der Waals surface area contributed by atoms with Gasteiger partial charge in [-0.2, -0.15) is 0 Å². The Morgan fingerprint density at radius 2 is 0.338 bits per heavy atom. The highest BCUT2D eigenvalue weighted by molar-refractivity contribution is 5.93. The Morgan fingerprint density at radius 3 is 0.569 bits per heavy atom. The lowest BCUT2D eigenvalue weighted by atomic mass is 9.88. The van der Waals surface area contributed by atoms with Crippen molar-refractivity contribution in [3.63, 3.8) is 0 Å². The zero-order valence-corrected chi connectivity index (χ0v) is 35.8. The van der Waals surface area contributed by atoms with Gasteiger partial charge in [-0.25, -0.2) is 0 Å². The quantitative estimate of drug-likeness (QED) is 0.134. The molecule has 0 amide bonds. The van der Waals surface area contributed by atoms with E-state index in [-0.39, 0.29) is 0 Å². The number of hydrogen-bond acceptors (Lipinski definition) is 1. The third-order valence-corrected chi connectivity index (χ3v) is 12.3.